The van der Waals surface area contributed by atoms with E-state index in [2.05, 4.69) is 29.5 Å². The molecular formula is C43H49N6O7+. The van der Waals surface area contributed by atoms with Crippen molar-refractivity contribution in [2.24, 2.45) is 4.99 Å². The van der Waals surface area contributed by atoms with Gasteiger partial charge in [0.25, 0.3) is 0 Å². The summed E-state index contributed by atoms with van der Waals surface area (Å²) in [6, 6.07) is 11.0. The molecule has 1 aromatic carbocycles. The minimum atomic E-state index is -1.15. The van der Waals surface area contributed by atoms with Gasteiger partial charge in [-0.1, -0.05) is 19.8 Å². The first kappa shape index (κ1) is 37.4. The van der Waals surface area contributed by atoms with E-state index >= 15 is 0 Å². The number of phenolic OH excluding ortho intramolecular Hbond substituents is 1. The number of nitrogens with one attached hydrogen (secondary N) is 2. The van der Waals surface area contributed by atoms with Gasteiger partial charge in [0.2, 0.25) is 0 Å². The Kier molecular flexibility index (Phi) is 9.70. The summed E-state index contributed by atoms with van der Waals surface area (Å²) in [5.41, 5.74) is 10.5. The van der Waals surface area contributed by atoms with E-state index in [-0.39, 0.29) is 34.7 Å². The molecule has 0 radical (unpaired) electrons. The van der Waals surface area contributed by atoms with Crippen LogP contribution in [0.3, 0.4) is 0 Å². The van der Waals surface area contributed by atoms with Crippen LogP contribution in [0.5, 0.6) is 11.5 Å². The number of esters is 1. The van der Waals surface area contributed by atoms with Crippen molar-refractivity contribution >= 4 is 34.3 Å². The molecule has 56 heavy (non-hydrogen) atoms. The Bertz CT molecular complexity index is 2380. The Labute approximate surface area is 325 Å². The molecule has 1 unspecified atom stereocenters. The molecule has 292 valence electrons. The van der Waals surface area contributed by atoms with Crippen LogP contribution in [0.15, 0.2) is 74.7 Å². The lowest BCUT2D eigenvalue weighted by Crippen LogP contribution is -3.05. The molecule has 13 heteroatoms. The van der Waals surface area contributed by atoms with Gasteiger partial charge in [0, 0.05) is 42.4 Å². The van der Waals surface area contributed by atoms with Crippen molar-refractivity contribution < 1.29 is 33.4 Å². The van der Waals surface area contributed by atoms with E-state index in [9.17, 15) is 14.7 Å². The average Bonchev–Trinajstić information content (AvgIpc) is 3.38. The Morgan fingerprint density at radius 1 is 1.12 bits per heavy atom. The predicted molar refractivity (Wildman–Crippen MR) is 213 cm³/mol. The van der Waals surface area contributed by atoms with E-state index in [0.717, 1.165) is 66.4 Å². The van der Waals surface area contributed by atoms with Crippen LogP contribution >= 0.6 is 0 Å². The van der Waals surface area contributed by atoms with Gasteiger partial charge in [-0.15, -0.1) is 0 Å². The molecule has 0 aliphatic carbocycles. The van der Waals surface area contributed by atoms with Crippen molar-refractivity contribution in [3.63, 3.8) is 0 Å². The first-order valence-corrected chi connectivity index (χ1v) is 19.5. The van der Waals surface area contributed by atoms with Crippen LogP contribution in [0.1, 0.15) is 76.0 Å². The molecule has 13 nitrogen and oxygen atoms in total. The maximum Gasteiger partial charge on any atom is 0.341 e. The van der Waals surface area contributed by atoms with E-state index in [1.54, 1.807) is 19.9 Å². The molecular weight excluding hydrogens is 713 g/mol. The number of rotatable bonds is 13. The largest absolute Gasteiger partial charge is 0.507 e. The third kappa shape index (κ3) is 7.40. The standard InChI is InChI=1S/C43H48N6O7/c1-6-7-8-12-46-38-18-27(17-28(47-38)22-49-21-26-11-13-45-31(26)23-49)30-15-25(16-37(44)48-30)9-10-35-43(5,56-35)41(52)54-36-19-29-33(55-42(36,3)4)20-34-39(40(29)51)32(50)14-24(2)53-34/h11,13-18,20-21,35-36,51H,6-10,12,19,22-23H2,1-5H3,(H2,44,48)(H,46,47)/p+1/t35-,36-,43-/m0/s1. The first-order chi connectivity index (χ1) is 26.8. The summed E-state index contributed by atoms with van der Waals surface area (Å²) >= 11 is 0. The highest BCUT2D eigenvalue weighted by atomic mass is 16.7. The maximum absolute atomic E-state index is 13.7. The van der Waals surface area contributed by atoms with Crippen molar-refractivity contribution in [2.75, 3.05) is 24.1 Å². The van der Waals surface area contributed by atoms with E-state index in [0.29, 0.717) is 42.3 Å². The molecule has 1 fully saturated rings. The Morgan fingerprint density at radius 2 is 1.96 bits per heavy atom. The van der Waals surface area contributed by atoms with Gasteiger partial charge >= 0.3 is 5.97 Å². The molecule has 4 aliphatic heterocycles. The number of fused-ring (bicyclic) bond motifs is 3. The fourth-order valence-electron chi connectivity index (χ4n) is 7.91. The van der Waals surface area contributed by atoms with E-state index < -0.39 is 23.3 Å². The number of epoxide rings is 1. The Balaban J connectivity index is 0.948. The highest BCUT2D eigenvalue weighted by Gasteiger charge is 2.60. The number of allylic oxidation sites excluding steroid dienone is 1. The number of phenols is 1. The number of aliphatic imine (C=N–C) groups is 1. The van der Waals surface area contributed by atoms with Crippen molar-refractivity contribution in [3.05, 3.63) is 93.3 Å². The minimum Gasteiger partial charge on any atom is -0.507 e. The third-order valence-corrected chi connectivity index (χ3v) is 11.2. The molecule has 4 atom stereocenters. The number of unbranched alkanes of at least 4 members (excludes halogenated alkanes) is 2. The molecule has 4 aliphatic rings. The van der Waals surface area contributed by atoms with Gasteiger partial charge < -0.3 is 34.8 Å². The first-order valence-electron chi connectivity index (χ1n) is 19.5. The number of anilines is 2. The summed E-state index contributed by atoms with van der Waals surface area (Å²) in [4.78, 5) is 41.8. The summed E-state index contributed by atoms with van der Waals surface area (Å²) < 4.78 is 24.0. The number of aromatic nitrogens is 2. The molecule has 4 aromatic rings. The molecule has 1 saturated heterocycles. The van der Waals surface area contributed by atoms with Crippen molar-refractivity contribution in [2.45, 2.75) is 103 Å². The van der Waals surface area contributed by atoms with Gasteiger partial charge in [-0.3, -0.25) is 14.7 Å². The van der Waals surface area contributed by atoms with Crippen LogP contribution in [0.4, 0.5) is 11.6 Å². The summed E-state index contributed by atoms with van der Waals surface area (Å²) in [7, 11) is 0. The van der Waals surface area contributed by atoms with Gasteiger partial charge in [0.1, 0.15) is 76.6 Å². The lowest BCUT2D eigenvalue weighted by atomic mass is 9.89. The third-order valence-electron chi connectivity index (χ3n) is 11.2. The monoisotopic (exact) mass is 761 g/mol. The van der Waals surface area contributed by atoms with E-state index in [1.807, 2.05) is 44.3 Å². The number of quaternary nitrogens is 1. The number of aryl methyl sites for hydroxylation is 2. The zero-order valence-electron chi connectivity index (χ0n) is 32.5. The van der Waals surface area contributed by atoms with Crippen molar-refractivity contribution in [3.8, 4) is 22.8 Å². The second-order valence-electron chi connectivity index (χ2n) is 16.0. The molecule has 0 amide bonds. The molecule has 8 rings (SSSR count). The lowest BCUT2D eigenvalue weighted by molar-refractivity contribution is -0.848. The fourth-order valence-corrected chi connectivity index (χ4v) is 7.91. The Morgan fingerprint density at radius 3 is 2.77 bits per heavy atom. The summed E-state index contributed by atoms with van der Waals surface area (Å²) in [6.45, 7) is 11.6. The second-order valence-corrected chi connectivity index (χ2v) is 16.0. The number of nitrogen functional groups attached to an aromatic ring is 1. The van der Waals surface area contributed by atoms with Crippen molar-refractivity contribution in [1.29, 1.82) is 0 Å². The van der Waals surface area contributed by atoms with Crippen LogP contribution in [0.2, 0.25) is 0 Å². The predicted octanol–water partition coefficient (Wildman–Crippen LogP) is 5.11. The number of aromatic hydroxyl groups is 1. The topological polar surface area (TPSA) is 179 Å². The molecule has 0 bridgehead atoms. The minimum absolute atomic E-state index is 0.0700. The average molecular weight is 762 g/mol. The zero-order chi connectivity index (χ0) is 39.4. The smallest absolute Gasteiger partial charge is 0.341 e. The second kappa shape index (κ2) is 14.5. The lowest BCUT2D eigenvalue weighted by Gasteiger charge is -2.39. The zero-order valence-corrected chi connectivity index (χ0v) is 32.5. The van der Waals surface area contributed by atoms with Crippen LogP contribution in [0.25, 0.3) is 22.2 Å². The van der Waals surface area contributed by atoms with Gasteiger partial charge in [-0.2, -0.15) is 0 Å². The SMILES string of the molecule is CCCCCNc1cc(-c2cc(CC[C@@H]3O[C@]3(C)C(=O)O[C@H]3Cc4c(cc5oc(C)cc(=O)c5c4O)OC3(C)C)cc(N)n2)cc(C[NH+]2C=C3C=CN=C3C2)n1. The molecule has 3 aromatic heterocycles. The maximum atomic E-state index is 13.7. The number of pyridine rings is 2. The van der Waals surface area contributed by atoms with Gasteiger partial charge in [-0.25, -0.2) is 14.8 Å². The number of carbonyl (C=O) groups excluding carboxylic acids is 1. The van der Waals surface area contributed by atoms with E-state index in [4.69, 9.17) is 34.3 Å². The van der Waals surface area contributed by atoms with Gasteiger partial charge in [-0.05, 0) is 82.9 Å². The number of nitrogens with zero attached hydrogens (tertiary/aromatic N) is 3. The summed E-state index contributed by atoms with van der Waals surface area (Å²) in [6.07, 6.45) is 9.64. The van der Waals surface area contributed by atoms with Crippen molar-refractivity contribution in [1.82, 2.24) is 9.97 Å². The number of nitrogens with two attached hydrogens (primary N) is 1. The number of benzene rings is 1. The van der Waals surface area contributed by atoms with Crippen LogP contribution in [-0.4, -0.2) is 63.3 Å². The number of carbonyl (C=O) groups is 1. The highest BCUT2D eigenvalue weighted by molar-refractivity contribution is 6.06. The molecule has 0 saturated carbocycles. The molecule has 0 spiro atoms. The normalized spacial score (nSPS) is 22.9. The highest BCUT2D eigenvalue weighted by Crippen LogP contribution is 2.45. The van der Waals surface area contributed by atoms with Gasteiger partial charge in [0.15, 0.2) is 11.0 Å². The van der Waals surface area contributed by atoms with Crippen LogP contribution in [-0.2, 0) is 33.7 Å². The molecule has 7 heterocycles. The van der Waals surface area contributed by atoms with Crippen LogP contribution in [0, 0.1) is 6.92 Å². The quantitative estimate of drug-likeness (QED) is 0.0808. The molecule has 5 N–H and O–H groups in total. The number of ether oxygens (including phenoxy) is 3. The van der Waals surface area contributed by atoms with E-state index in [1.165, 1.54) is 16.5 Å². The summed E-state index contributed by atoms with van der Waals surface area (Å²) in [5, 5.41) is 14.7. The number of hydrogen-bond acceptors (Lipinski definition) is 12. The summed E-state index contributed by atoms with van der Waals surface area (Å²) in [5.74, 6) is 1.28. The Hall–Kier alpha value is -5.53. The number of hydrogen-bond donors (Lipinski definition) is 4. The van der Waals surface area contributed by atoms with Gasteiger partial charge in [0.05, 0.1) is 23.1 Å². The van der Waals surface area contributed by atoms with Crippen LogP contribution < -0.4 is 26.1 Å². The fraction of sp³-hybridized carbons (Fsp3) is 0.419.